The predicted molar refractivity (Wildman–Crippen MR) is 79.6 cm³/mol. The zero-order valence-corrected chi connectivity index (χ0v) is 12.4. The van der Waals surface area contributed by atoms with Crippen molar-refractivity contribution in [1.29, 1.82) is 0 Å². The normalized spacial score (nSPS) is 12.6. The van der Waals surface area contributed by atoms with Gasteiger partial charge in [-0.15, -0.1) is 0 Å². The number of imidazole rings is 1. The van der Waals surface area contributed by atoms with Gasteiger partial charge in [0.05, 0.1) is 0 Å². The topological polar surface area (TPSA) is 29.9 Å². The number of hydrogen-bond donors (Lipinski definition) is 1. The molecular formula is C15H20ClN3. The molecular weight excluding hydrogens is 258 g/mol. The zero-order chi connectivity index (χ0) is 13.8. The first-order valence-electron chi connectivity index (χ1n) is 6.58. The van der Waals surface area contributed by atoms with Gasteiger partial charge >= 0.3 is 0 Å². The molecule has 0 aliphatic rings. The Morgan fingerprint density at radius 1 is 1.37 bits per heavy atom. The quantitative estimate of drug-likeness (QED) is 0.908. The highest BCUT2D eigenvalue weighted by molar-refractivity contribution is 6.30. The summed E-state index contributed by atoms with van der Waals surface area (Å²) in [5.74, 6) is 1.10. The average molecular weight is 278 g/mol. The second-order valence-electron chi connectivity index (χ2n) is 4.74. The summed E-state index contributed by atoms with van der Waals surface area (Å²) in [6, 6.07) is 6.40. The fourth-order valence-corrected chi connectivity index (χ4v) is 2.65. The number of rotatable bonds is 5. The van der Waals surface area contributed by atoms with Gasteiger partial charge in [0.25, 0.3) is 0 Å². The van der Waals surface area contributed by atoms with Crippen LogP contribution in [0.4, 0.5) is 0 Å². The SMILES string of the molecule is CCn1ccnc1CC(NC)c1cc(C)cc(Cl)c1. The van der Waals surface area contributed by atoms with Crippen molar-refractivity contribution in [1.82, 2.24) is 14.9 Å². The maximum Gasteiger partial charge on any atom is 0.110 e. The van der Waals surface area contributed by atoms with Gasteiger partial charge in [-0.3, -0.25) is 0 Å². The number of aromatic nitrogens is 2. The Labute approximate surface area is 119 Å². The minimum Gasteiger partial charge on any atom is -0.335 e. The molecule has 19 heavy (non-hydrogen) atoms. The number of hydrogen-bond acceptors (Lipinski definition) is 2. The second-order valence-corrected chi connectivity index (χ2v) is 5.17. The van der Waals surface area contributed by atoms with Gasteiger partial charge in [0.2, 0.25) is 0 Å². The van der Waals surface area contributed by atoms with Crippen LogP contribution < -0.4 is 5.32 Å². The Morgan fingerprint density at radius 3 is 2.79 bits per heavy atom. The van der Waals surface area contributed by atoms with Gasteiger partial charge in [0, 0.05) is 36.4 Å². The highest BCUT2D eigenvalue weighted by atomic mass is 35.5. The maximum absolute atomic E-state index is 6.14. The summed E-state index contributed by atoms with van der Waals surface area (Å²) in [6.07, 6.45) is 4.73. The number of halogens is 1. The molecule has 0 saturated heterocycles. The van der Waals surface area contributed by atoms with Crippen LogP contribution in [-0.4, -0.2) is 16.6 Å². The predicted octanol–water partition coefficient (Wildman–Crippen LogP) is 3.37. The minimum absolute atomic E-state index is 0.227. The van der Waals surface area contributed by atoms with E-state index < -0.39 is 0 Å². The van der Waals surface area contributed by atoms with Gasteiger partial charge in [-0.05, 0) is 44.2 Å². The van der Waals surface area contributed by atoms with Crippen LogP contribution in [0.1, 0.15) is 29.9 Å². The molecule has 102 valence electrons. The lowest BCUT2D eigenvalue weighted by Crippen LogP contribution is -2.21. The summed E-state index contributed by atoms with van der Waals surface area (Å²) in [6.45, 7) is 5.14. The highest BCUT2D eigenvalue weighted by Crippen LogP contribution is 2.22. The highest BCUT2D eigenvalue weighted by Gasteiger charge is 2.14. The van der Waals surface area contributed by atoms with Gasteiger partial charge in [-0.2, -0.15) is 0 Å². The van der Waals surface area contributed by atoms with Gasteiger partial charge in [-0.25, -0.2) is 4.98 Å². The molecule has 1 heterocycles. The van der Waals surface area contributed by atoms with E-state index in [1.807, 2.05) is 31.6 Å². The fraction of sp³-hybridized carbons (Fsp3) is 0.400. The third-order valence-corrected chi connectivity index (χ3v) is 3.56. The van der Waals surface area contributed by atoms with Crippen molar-refractivity contribution in [3.63, 3.8) is 0 Å². The molecule has 0 fully saturated rings. The van der Waals surface area contributed by atoms with E-state index in [1.165, 1.54) is 11.1 Å². The molecule has 1 atom stereocenters. The summed E-state index contributed by atoms with van der Waals surface area (Å²) in [5, 5.41) is 4.14. The first kappa shape index (κ1) is 14.1. The molecule has 0 spiro atoms. The Kier molecular flexibility index (Phi) is 4.61. The van der Waals surface area contributed by atoms with E-state index in [-0.39, 0.29) is 6.04 Å². The summed E-state index contributed by atoms with van der Waals surface area (Å²) in [7, 11) is 1.97. The molecule has 2 aromatic rings. The van der Waals surface area contributed by atoms with Crippen LogP contribution in [0.2, 0.25) is 5.02 Å². The Balaban J connectivity index is 2.25. The van der Waals surface area contributed by atoms with Crippen molar-refractivity contribution in [3.8, 4) is 0 Å². The third-order valence-electron chi connectivity index (χ3n) is 3.34. The fourth-order valence-electron chi connectivity index (χ4n) is 2.35. The molecule has 0 amide bonds. The summed E-state index contributed by atoms with van der Waals surface area (Å²) in [5.41, 5.74) is 2.39. The number of likely N-dealkylation sites (N-methyl/N-ethyl adjacent to an activating group) is 1. The van der Waals surface area contributed by atoms with Crippen LogP contribution in [0, 0.1) is 6.92 Å². The van der Waals surface area contributed by atoms with E-state index in [9.17, 15) is 0 Å². The third kappa shape index (κ3) is 3.37. The molecule has 0 saturated carbocycles. The smallest absolute Gasteiger partial charge is 0.110 e. The van der Waals surface area contributed by atoms with E-state index in [2.05, 4.69) is 34.8 Å². The lowest BCUT2D eigenvalue weighted by molar-refractivity contribution is 0.553. The van der Waals surface area contributed by atoms with Crippen LogP contribution >= 0.6 is 11.6 Å². The molecule has 0 aliphatic carbocycles. The summed E-state index contributed by atoms with van der Waals surface area (Å²) in [4.78, 5) is 4.44. The van der Waals surface area contributed by atoms with Gasteiger partial charge in [0.1, 0.15) is 5.82 Å². The van der Waals surface area contributed by atoms with Crippen molar-refractivity contribution in [3.05, 3.63) is 52.6 Å². The van der Waals surface area contributed by atoms with Gasteiger partial charge in [-0.1, -0.05) is 17.7 Å². The Morgan fingerprint density at radius 2 is 2.16 bits per heavy atom. The van der Waals surface area contributed by atoms with Crippen molar-refractivity contribution >= 4 is 11.6 Å². The summed E-state index contributed by atoms with van der Waals surface area (Å²) >= 11 is 6.14. The van der Waals surface area contributed by atoms with Gasteiger partial charge in [0.15, 0.2) is 0 Å². The number of benzene rings is 1. The molecule has 4 heteroatoms. The van der Waals surface area contributed by atoms with Crippen LogP contribution in [0.5, 0.6) is 0 Å². The van der Waals surface area contributed by atoms with E-state index in [0.29, 0.717) is 0 Å². The monoisotopic (exact) mass is 277 g/mol. The van der Waals surface area contributed by atoms with Crippen molar-refractivity contribution in [2.24, 2.45) is 0 Å². The zero-order valence-electron chi connectivity index (χ0n) is 11.7. The molecule has 0 aliphatic heterocycles. The molecule has 0 radical (unpaired) electrons. The molecule has 1 aromatic heterocycles. The lowest BCUT2D eigenvalue weighted by atomic mass is 10.0. The number of nitrogens with one attached hydrogen (secondary N) is 1. The van der Waals surface area contributed by atoms with E-state index in [4.69, 9.17) is 11.6 Å². The van der Waals surface area contributed by atoms with Gasteiger partial charge < -0.3 is 9.88 Å². The van der Waals surface area contributed by atoms with E-state index in [1.54, 1.807) is 0 Å². The number of aryl methyl sites for hydroxylation is 2. The molecule has 3 nitrogen and oxygen atoms in total. The average Bonchev–Trinajstić information content (AvgIpc) is 2.81. The maximum atomic E-state index is 6.14. The van der Waals surface area contributed by atoms with E-state index >= 15 is 0 Å². The Bertz CT molecular complexity index is 528. The standard InChI is InChI=1S/C15H20ClN3/c1-4-19-6-5-18-15(19)10-14(17-3)12-7-11(2)8-13(16)9-12/h5-9,14,17H,4,10H2,1-3H3. The Hall–Kier alpha value is -1.32. The van der Waals surface area contributed by atoms with Crippen LogP contribution in [0.15, 0.2) is 30.6 Å². The van der Waals surface area contributed by atoms with Crippen molar-refractivity contribution in [2.75, 3.05) is 7.05 Å². The van der Waals surface area contributed by atoms with Crippen molar-refractivity contribution < 1.29 is 0 Å². The largest absolute Gasteiger partial charge is 0.335 e. The van der Waals surface area contributed by atoms with Crippen LogP contribution in [-0.2, 0) is 13.0 Å². The van der Waals surface area contributed by atoms with Crippen LogP contribution in [0.25, 0.3) is 0 Å². The minimum atomic E-state index is 0.227. The molecule has 2 rings (SSSR count). The first-order chi connectivity index (χ1) is 9.13. The van der Waals surface area contributed by atoms with E-state index in [0.717, 1.165) is 23.8 Å². The molecule has 1 aromatic carbocycles. The number of nitrogens with zero attached hydrogens (tertiary/aromatic N) is 2. The van der Waals surface area contributed by atoms with Crippen molar-refractivity contribution in [2.45, 2.75) is 32.9 Å². The summed E-state index contributed by atoms with van der Waals surface area (Å²) < 4.78 is 2.17. The second kappa shape index (κ2) is 6.22. The van der Waals surface area contributed by atoms with Crippen LogP contribution in [0.3, 0.4) is 0 Å². The lowest BCUT2D eigenvalue weighted by Gasteiger charge is -2.18. The molecule has 1 unspecified atom stereocenters. The first-order valence-corrected chi connectivity index (χ1v) is 6.96. The molecule has 1 N–H and O–H groups in total. The molecule has 0 bridgehead atoms.